The lowest BCUT2D eigenvalue weighted by atomic mass is 10.2. The summed E-state index contributed by atoms with van der Waals surface area (Å²) in [6.07, 6.45) is 7.35. The lowest BCUT2D eigenvalue weighted by molar-refractivity contribution is 0.263. The van der Waals surface area contributed by atoms with E-state index in [9.17, 15) is 0 Å². The van der Waals surface area contributed by atoms with E-state index in [1.165, 1.54) is 25.9 Å². The Hall–Kier alpha value is -2.05. The molecule has 1 aromatic rings. The lowest BCUT2D eigenvalue weighted by Crippen LogP contribution is -2.41. The molecule has 6 heteroatoms. The summed E-state index contributed by atoms with van der Waals surface area (Å²) in [4.78, 5) is 6.90. The highest BCUT2D eigenvalue weighted by Crippen LogP contribution is 2.18. The quantitative estimate of drug-likeness (QED) is 0.697. The van der Waals surface area contributed by atoms with Crippen molar-refractivity contribution in [3.8, 4) is 5.75 Å². The minimum Gasteiger partial charge on any atom is -0.493 e. The standard InChI is InChI=1S/C18H27N5O/c1-18(19)8-9-20-17(22-18)21-15-6-4-7-16(14-15)24-13-5-12-23-10-2-3-11-23/h4,6-9,14H,2-3,5,10-13,19H2,1H3,(H2,20,21,22). The van der Waals surface area contributed by atoms with Crippen LogP contribution in [0.2, 0.25) is 0 Å². The van der Waals surface area contributed by atoms with Crippen molar-refractivity contribution < 1.29 is 4.74 Å². The minimum atomic E-state index is -0.683. The van der Waals surface area contributed by atoms with Crippen molar-refractivity contribution in [2.24, 2.45) is 10.7 Å². The molecule has 0 spiro atoms. The molecule has 0 aliphatic carbocycles. The van der Waals surface area contributed by atoms with Crippen LogP contribution in [-0.4, -0.2) is 42.8 Å². The second-order valence-electron chi connectivity index (χ2n) is 6.57. The van der Waals surface area contributed by atoms with E-state index in [0.29, 0.717) is 5.96 Å². The number of ether oxygens (including phenoxy) is 1. The van der Waals surface area contributed by atoms with Gasteiger partial charge in [-0.1, -0.05) is 6.07 Å². The highest BCUT2D eigenvalue weighted by molar-refractivity contribution is 5.95. The molecule has 0 amide bonds. The molecule has 2 aliphatic heterocycles. The van der Waals surface area contributed by atoms with Crippen LogP contribution in [0.1, 0.15) is 26.2 Å². The van der Waals surface area contributed by atoms with E-state index in [-0.39, 0.29) is 0 Å². The minimum absolute atomic E-state index is 0.633. The molecule has 0 saturated carbocycles. The van der Waals surface area contributed by atoms with Gasteiger partial charge >= 0.3 is 0 Å². The van der Waals surface area contributed by atoms with Crippen molar-refractivity contribution >= 4 is 11.6 Å². The van der Waals surface area contributed by atoms with Crippen LogP contribution in [0.25, 0.3) is 0 Å². The van der Waals surface area contributed by atoms with Crippen molar-refractivity contribution in [3.05, 3.63) is 36.5 Å². The summed E-state index contributed by atoms with van der Waals surface area (Å²) >= 11 is 0. The van der Waals surface area contributed by atoms with E-state index < -0.39 is 5.66 Å². The summed E-state index contributed by atoms with van der Waals surface area (Å²) in [6.45, 7) is 6.20. The van der Waals surface area contributed by atoms with Gasteiger partial charge in [0.2, 0.25) is 5.96 Å². The Labute approximate surface area is 143 Å². The van der Waals surface area contributed by atoms with Gasteiger partial charge < -0.3 is 26.0 Å². The number of benzene rings is 1. The highest BCUT2D eigenvalue weighted by Gasteiger charge is 2.17. The van der Waals surface area contributed by atoms with E-state index >= 15 is 0 Å². The number of aliphatic imine (C=N–C) groups is 1. The Morgan fingerprint density at radius 2 is 2.21 bits per heavy atom. The van der Waals surface area contributed by atoms with Crippen LogP contribution in [0.15, 0.2) is 41.5 Å². The fraction of sp³-hybridized carbons (Fsp3) is 0.500. The largest absolute Gasteiger partial charge is 0.493 e. The van der Waals surface area contributed by atoms with Crippen molar-refractivity contribution in [1.82, 2.24) is 10.2 Å². The molecule has 0 aromatic heterocycles. The van der Waals surface area contributed by atoms with Gasteiger partial charge in [-0.05, 0) is 57.5 Å². The molecule has 0 bridgehead atoms. The van der Waals surface area contributed by atoms with Gasteiger partial charge in [0, 0.05) is 24.5 Å². The zero-order valence-electron chi connectivity index (χ0n) is 14.3. The van der Waals surface area contributed by atoms with Crippen LogP contribution in [0.4, 0.5) is 5.69 Å². The average molecular weight is 329 g/mol. The van der Waals surface area contributed by atoms with Gasteiger partial charge in [-0.2, -0.15) is 0 Å². The first-order valence-corrected chi connectivity index (χ1v) is 8.66. The second-order valence-corrected chi connectivity index (χ2v) is 6.57. The summed E-state index contributed by atoms with van der Waals surface area (Å²) in [7, 11) is 0. The van der Waals surface area contributed by atoms with Gasteiger partial charge in [-0.25, -0.2) is 4.99 Å². The van der Waals surface area contributed by atoms with Crippen molar-refractivity contribution in [2.45, 2.75) is 31.8 Å². The smallest absolute Gasteiger partial charge is 0.202 e. The summed E-state index contributed by atoms with van der Waals surface area (Å²) in [5.74, 6) is 1.50. The molecule has 0 radical (unpaired) electrons. The average Bonchev–Trinajstić information content (AvgIpc) is 3.04. The van der Waals surface area contributed by atoms with Gasteiger partial charge in [-0.15, -0.1) is 0 Å². The molecule has 1 unspecified atom stereocenters. The third-order valence-corrected chi connectivity index (χ3v) is 4.18. The topological polar surface area (TPSA) is 74.9 Å². The third-order valence-electron chi connectivity index (χ3n) is 4.18. The monoisotopic (exact) mass is 329 g/mol. The fourth-order valence-electron chi connectivity index (χ4n) is 2.95. The summed E-state index contributed by atoms with van der Waals surface area (Å²) in [5, 5.41) is 6.29. The van der Waals surface area contributed by atoms with Gasteiger partial charge in [0.05, 0.1) is 6.61 Å². The number of likely N-dealkylation sites (tertiary alicyclic amines) is 1. The Kier molecular flexibility index (Phi) is 5.37. The number of hydrogen-bond donors (Lipinski definition) is 3. The molecule has 1 aromatic carbocycles. The SMILES string of the molecule is CC1(N)C=CNC(Nc2cccc(OCCCN3CCCC3)c2)=N1. The second kappa shape index (κ2) is 7.68. The Morgan fingerprint density at radius 3 is 3.00 bits per heavy atom. The molecule has 2 heterocycles. The van der Waals surface area contributed by atoms with E-state index in [1.807, 2.05) is 37.3 Å². The lowest BCUT2D eigenvalue weighted by Gasteiger charge is -2.22. The molecule has 1 fully saturated rings. The highest BCUT2D eigenvalue weighted by atomic mass is 16.5. The number of guanidine groups is 1. The van der Waals surface area contributed by atoms with Gasteiger partial charge in [0.25, 0.3) is 0 Å². The van der Waals surface area contributed by atoms with E-state index in [2.05, 4.69) is 20.5 Å². The first-order chi connectivity index (χ1) is 11.6. The normalized spacial score (nSPS) is 23.7. The number of nitrogens with zero attached hydrogens (tertiary/aromatic N) is 2. The summed E-state index contributed by atoms with van der Waals surface area (Å²) in [5.41, 5.74) is 6.24. The zero-order chi connectivity index (χ0) is 16.8. The maximum Gasteiger partial charge on any atom is 0.202 e. The third kappa shape index (κ3) is 4.97. The van der Waals surface area contributed by atoms with E-state index in [4.69, 9.17) is 10.5 Å². The maximum absolute atomic E-state index is 6.00. The summed E-state index contributed by atoms with van der Waals surface area (Å²) in [6, 6.07) is 7.91. The molecule has 130 valence electrons. The van der Waals surface area contributed by atoms with Crippen LogP contribution < -0.4 is 21.1 Å². The Balaban J connectivity index is 1.48. The van der Waals surface area contributed by atoms with Crippen LogP contribution in [0.3, 0.4) is 0 Å². The number of nitrogens with one attached hydrogen (secondary N) is 2. The van der Waals surface area contributed by atoms with Gasteiger partial charge in [0.15, 0.2) is 0 Å². The van der Waals surface area contributed by atoms with Gasteiger partial charge in [0.1, 0.15) is 11.4 Å². The van der Waals surface area contributed by atoms with Crippen LogP contribution in [0.5, 0.6) is 5.75 Å². The van der Waals surface area contributed by atoms with Crippen LogP contribution in [0, 0.1) is 0 Å². The van der Waals surface area contributed by atoms with Crippen LogP contribution in [-0.2, 0) is 0 Å². The molecule has 4 N–H and O–H groups in total. The number of anilines is 1. The Morgan fingerprint density at radius 1 is 1.38 bits per heavy atom. The fourth-order valence-corrected chi connectivity index (χ4v) is 2.95. The molecular formula is C18H27N5O. The van der Waals surface area contributed by atoms with E-state index in [0.717, 1.165) is 31.0 Å². The van der Waals surface area contributed by atoms with Crippen molar-refractivity contribution in [2.75, 3.05) is 31.6 Å². The predicted octanol–water partition coefficient (Wildman–Crippen LogP) is 2.11. The molecule has 2 aliphatic rings. The first-order valence-electron chi connectivity index (χ1n) is 8.66. The van der Waals surface area contributed by atoms with Crippen LogP contribution >= 0.6 is 0 Å². The van der Waals surface area contributed by atoms with E-state index in [1.54, 1.807) is 6.20 Å². The maximum atomic E-state index is 6.00. The number of rotatable bonds is 6. The Bertz CT molecular complexity index is 605. The number of nitrogens with two attached hydrogens (primary N) is 1. The molecule has 24 heavy (non-hydrogen) atoms. The molecular weight excluding hydrogens is 302 g/mol. The van der Waals surface area contributed by atoms with Crippen molar-refractivity contribution in [3.63, 3.8) is 0 Å². The predicted molar refractivity (Wildman–Crippen MR) is 98.2 cm³/mol. The first kappa shape index (κ1) is 16.8. The zero-order valence-corrected chi connectivity index (χ0v) is 14.3. The van der Waals surface area contributed by atoms with Crippen molar-refractivity contribution in [1.29, 1.82) is 0 Å². The molecule has 1 atom stereocenters. The molecule has 1 saturated heterocycles. The molecule has 3 rings (SSSR count). The summed E-state index contributed by atoms with van der Waals surface area (Å²) < 4.78 is 5.87. The molecule has 6 nitrogen and oxygen atoms in total. The van der Waals surface area contributed by atoms with Gasteiger partial charge in [-0.3, -0.25) is 0 Å². The number of hydrogen-bond acceptors (Lipinski definition) is 6.